The van der Waals surface area contributed by atoms with Crippen molar-refractivity contribution >= 4 is 17.8 Å². The Morgan fingerprint density at radius 3 is 2.81 bits per heavy atom. The molecule has 0 atom stereocenters. The van der Waals surface area contributed by atoms with E-state index in [0.29, 0.717) is 19.0 Å². The standard InChI is InChI=1S/C11H17N9O/c1-3-14-8(21)5-19(4-2)10-16-9(12)17-11(18-10)20-7-13-6-15-20/h6-7H,3-5H2,1-2H3,(H,14,21)(H2,12,16,17,18). The van der Waals surface area contributed by atoms with Crippen molar-refractivity contribution in [3.05, 3.63) is 12.7 Å². The third-order valence-corrected chi connectivity index (χ3v) is 2.63. The fraction of sp³-hybridized carbons (Fsp3) is 0.455. The summed E-state index contributed by atoms with van der Waals surface area (Å²) in [6.45, 7) is 5.02. The zero-order chi connectivity index (χ0) is 15.2. The van der Waals surface area contributed by atoms with Crippen LogP contribution in [-0.2, 0) is 4.79 Å². The molecule has 2 heterocycles. The molecule has 0 aromatic carbocycles. The molecule has 2 aromatic rings. The van der Waals surface area contributed by atoms with Gasteiger partial charge in [-0.25, -0.2) is 4.98 Å². The summed E-state index contributed by atoms with van der Waals surface area (Å²) < 4.78 is 1.38. The second kappa shape index (κ2) is 6.59. The minimum Gasteiger partial charge on any atom is -0.368 e. The Bertz CT molecular complexity index is 598. The number of carbonyl (C=O) groups is 1. The van der Waals surface area contributed by atoms with E-state index in [1.807, 2.05) is 13.8 Å². The molecule has 0 spiro atoms. The van der Waals surface area contributed by atoms with Crippen molar-refractivity contribution < 1.29 is 4.79 Å². The van der Waals surface area contributed by atoms with Crippen LogP contribution in [0.1, 0.15) is 13.8 Å². The molecule has 0 radical (unpaired) electrons. The fourth-order valence-corrected chi connectivity index (χ4v) is 1.68. The van der Waals surface area contributed by atoms with E-state index in [2.05, 4.69) is 30.4 Å². The van der Waals surface area contributed by atoms with E-state index in [9.17, 15) is 4.79 Å². The summed E-state index contributed by atoms with van der Waals surface area (Å²) in [5.41, 5.74) is 5.70. The summed E-state index contributed by atoms with van der Waals surface area (Å²) in [7, 11) is 0. The van der Waals surface area contributed by atoms with Crippen LogP contribution in [0.2, 0.25) is 0 Å². The summed E-state index contributed by atoms with van der Waals surface area (Å²) in [5.74, 6) is 0.520. The number of rotatable bonds is 6. The third-order valence-electron chi connectivity index (χ3n) is 2.63. The third kappa shape index (κ3) is 3.61. The second-order valence-electron chi connectivity index (χ2n) is 4.10. The first-order valence-corrected chi connectivity index (χ1v) is 6.52. The van der Waals surface area contributed by atoms with Crippen molar-refractivity contribution in [1.82, 2.24) is 35.0 Å². The Kier molecular flexibility index (Phi) is 4.59. The van der Waals surface area contributed by atoms with Crippen LogP contribution in [0.5, 0.6) is 0 Å². The van der Waals surface area contributed by atoms with E-state index in [-0.39, 0.29) is 24.3 Å². The van der Waals surface area contributed by atoms with Crippen molar-refractivity contribution in [2.24, 2.45) is 0 Å². The highest BCUT2D eigenvalue weighted by Gasteiger charge is 2.15. The summed E-state index contributed by atoms with van der Waals surface area (Å²) in [6.07, 6.45) is 2.82. The molecule has 21 heavy (non-hydrogen) atoms. The number of amides is 1. The molecule has 2 aromatic heterocycles. The molecule has 10 nitrogen and oxygen atoms in total. The molecule has 0 bridgehead atoms. The summed E-state index contributed by atoms with van der Waals surface area (Å²) in [4.78, 5) is 29.6. The monoisotopic (exact) mass is 291 g/mol. The lowest BCUT2D eigenvalue weighted by Crippen LogP contribution is -2.38. The SMILES string of the molecule is CCNC(=O)CN(CC)c1nc(N)nc(-n2cncn2)n1. The number of nitrogens with zero attached hydrogens (tertiary/aromatic N) is 7. The lowest BCUT2D eigenvalue weighted by molar-refractivity contribution is -0.119. The van der Waals surface area contributed by atoms with Gasteiger partial charge in [0.1, 0.15) is 12.7 Å². The molecule has 0 aliphatic heterocycles. The predicted molar refractivity (Wildman–Crippen MR) is 75.7 cm³/mol. The van der Waals surface area contributed by atoms with Crippen molar-refractivity contribution in [2.45, 2.75) is 13.8 Å². The van der Waals surface area contributed by atoms with Gasteiger partial charge in [-0.3, -0.25) is 4.79 Å². The number of aromatic nitrogens is 6. The van der Waals surface area contributed by atoms with Gasteiger partial charge in [-0.15, -0.1) is 0 Å². The van der Waals surface area contributed by atoms with Crippen molar-refractivity contribution in [3.63, 3.8) is 0 Å². The highest BCUT2D eigenvalue weighted by atomic mass is 16.2. The largest absolute Gasteiger partial charge is 0.368 e. The zero-order valence-corrected chi connectivity index (χ0v) is 11.9. The molecule has 0 fully saturated rings. The molecule has 1 amide bonds. The number of carbonyl (C=O) groups excluding carboxylic acids is 1. The van der Waals surface area contributed by atoms with Crippen LogP contribution in [0.15, 0.2) is 12.7 Å². The molecule has 0 saturated heterocycles. The minimum absolute atomic E-state index is 0.0554. The van der Waals surface area contributed by atoms with Crippen LogP contribution < -0.4 is 16.0 Å². The minimum atomic E-state index is -0.111. The second-order valence-corrected chi connectivity index (χ2v) is 4.10. The molecule has 0 saturated carbocycles. The van der Waals surface area contributed by atoms with E-state index in [0.717, 1.165) is 0 Å². The Morgan fingerprint density at radius 1 is 1.38 bits per heavy atom. The zero-order valence-electron chi connectivity index (χ0n) is 11.9. The Hall–Kier alpha value is -2.78. The molecule has 0 aliphatic carbocycles. The van der Waals surface area contributed by atoms with Gasteiger partial charge >= 0.3 is 0 Å². The summed E-state index contributed by atoms with van der Waals surface area (Å²) in [5, 5.41) is 6.67. The topological polar surface area (TPSA) is 128 Å². The first kappa shape index (κ1) is 14.6. The number of anilines is 2. The average molecular weight is 291 g/mol. The van der Waals surface area contributed by atoms with E-state index >= 15 is 0 Å². The highest BCUT2D eigenvalue weighted by Crippen LogP contribution is 2.10. The van der Waals surface area contributed by atoms with Crippen LogP contribution in [0, 0.1) is 0 Å². The quantitative estimate of drug-likeness (QED) is 0.693. The van der Waals surface area contributed by atoms with Crippen LogP contribution in [0.4, 0.5) is 11.9 Å². The van der Waals surface area contributed by atoms with Crippen molar-refractivity contribution in [1.29, 1.82) is 0 Å². The van der Waals surface area contributed by atoms with Gasteiger partial charge in [0, 0.05) is 13.1 Å². The maximum atomic E-state index is 11.7. The first-order valence-electron chi connectivity index (χ1n) is 6.52. The van der Waals surface area contributed by atoms with E-state index in [1.165, 1.54) is 17.3 Å². The van der Waals surface area contributed by atoms with E-state index in [4.69, 9.17) is 5.73 Å². The normalized spacial score (nSPS) is 10.4. The smallest absolute Gasteiger partial charge is 0.258 e. The van der Waals surface area contributed by atoms with Gasteiger partial charge in [-0.1, -0.05) is 0 Å². The Balaban J connectivity index is 2.27. The highest BCUT2D eigenvalue weighted by molar-refractivity contribution is 5.80. The van der Waals surface area contributed by atoms with Gasteiger partial charge in [0.15, 0.2) is 0 Å². The number of likely N-dealkylation sites (N-methyl/N-ethyl adjacent to an activating group) is 2. The van der Waals surface area contributed by atoms with Crippen LogP contribution >= 0.6 is 0 Å². The van der Waals surface area contributed by atoms with E-state index in [1.54, 1.807) is 4.90 Å². The Labute approximate surface area is 121 Å². The summed E-state index contributed by atoms with van der Waals surface area (Å²) >= 11 is 0. The Morgan fingerprint density at radius 2 is 2.19 bits per heavy atom. The van der Waals surface area contributed by atoms with Crippen molar-refractivity contribution in [2.75, 3.05) is 30.3 Å². The molecular formula is C11H17N9O. The average Bonchev–Trinajstić information content (AvgIpc) is 2.98. The van der Waals surface area contributed by atoms with Gasteiger partial charge in [0.25, 0.3) is 5.95 Å². The first-order chi connectivity index (χ1) is 10.1. The van der Waals surface area contributed by atoms with Gasteiger partial charge in [-0.2, -0.15) is 24.7 Å². The number of nitrogens with one attached hydrogen (secondary N) is 1. The van der Waals surface area contributed by atoms with Gasteiger partial charge < -0.3 is 16.0 Å². The molecule has 0 unspecified atom stereocenters. The molecule has 2 rings (SSSR count). The van der Waals surface area contributed by atoms with E-state index < -0.39 is 0 Å². The molecule has 3 N–H and O–H groups in total. The van der Waals surface area contributed by atoms with Crippen molar-refractivity contribution in [3.8, 4) is 5.95 Å². The van der Waals surface area contributed by atoms with Crippen LogP contribution in [0.3, 0.4) is 0 Å². The number of nitrogens with two attached hydrogens (primary N) is 1. The van der Waals surface area contributed by atoms with Gasteiger partial charge in [-0.05, 0) is 13.8 Å². The fourth-order valence-electron chi connectivity index (χ4n) is 1.68. The number of nitrogen functional groups attached to an aromatic ring is 1. The summed E-state index contributed by atoms with van der Waals surface area (Å²) in [6, 6.07) is 0. The van der Waals surface area contributed by atoms with Gasteiger partial charge in [0.2, 0.25) is 17.8 Å². The van der Waals surface area contributed by atoms with Crippen LogP contribution in [-0.4, -0.2) is 55.3 Å². The van der Waals surface area contributed by atoms with Gasteiger partial charge in [0.05, 0.1) is 6.54 Å². The maximum absolute atomic E-state index is 11.7. The maximum Gasteiger partial charge on any atom is 0.258 e. The molecular weight excluding hydrogens is 274 g/mol. The predicted octanol–water partition coefficient (Wildman–Crippen LogP) is -1.00. The number of hydrogen-bond donors (Lipinski definition) is 2. The lowest BCUT2D eigenvalue weighted by atomic mass is 10.4. The molecule has 0 aliphatic rings. The molecule has 10 heteroatoms. The van der Waals surface area contributed by atoms with Crippen LogP contribution in [0.25, 0.3) is 5.95 Å². The molecule has 112 valence electrons. The lowest BCUT2D eigenvalue weighted by Gasteiger charge is -2.20. The number of hydrogen-bond acceptors (Lipinski definition) is 8.